The van der Waals surface area contributed by atoms with E-state index in [0.29, 0.717) is 38.9 Å². The average molecular weight is 1120 g/mol. The van der Waals surface area contributed by atoms with Crippen molar-refractivity contribution in [2.75, 3.05) is 80.0 Å². The van der Waals surface area contributed by atoms with Gasteiger partial charge in [0.1, 0.15) is 5.82 Å². The Morgan fingerprint density at radius 1 is 0.531 bits per heavy atom. The first-order valence-corrected chi connectivity index (χ1v) is 31.9. The fraction of sp³-hybridized carbons (Fsp3) is 0.700. The van der Waals surface area contributed by atoms with Gasteiger partial charge in [0.2, 0.25) is 11.8 Å². The summed E-state index contributed by atoms with van der Waals surface area (Å²) in [5, 5.41) is 6.27. The molecule has 0 radical (unpaired) electrons. The van der Waals surface area contributed by atoms with Crippen LogP contribution in [0.25, 0.3) is 0 Å². The molecule has 81 heavy (non-hydrogen) atoms. The highest BCUT2D eigenvalue weighted by Gasteiger charge is 2.46. The van der Waals surface area contributed by atoms with Crippen LogP contribution < -0.4 is 10.6 Å². The van der Waals surface area contributed by atoms with Crippen molar-refractivity contribution < 1.29 is 21.6 Å². The van der Waals surface area contributed by atoms with Crippen LogP contribution in [0.15, 0.2) is 66.7 Å². The molecule has 3 saturated heterocycles. The van der Waals surface area contributed by atoms with E-state index in [-0.39, 0.29) is 44.1 Å². The monoisotopic (exact) mass is 1120 g/mol. The van der Waals surface area contributed by atoms with Crippen molar-refractivity contribution in [1.82, 2.24) is 35.1 Å². The van der Waals surface area contributed by atoms with E-state index in [1.54, 1.807) is 32.0 Å². The van der Waals surface area contributed by atoms with Crippen molar-refractivity contribution in [2.45, 2.75) is 213 Å². The molecule has 1 saturated carbocycles. The molecule has 10 rings (SSSR count). The Hall–Kier alpha value is -4.32. The molecule has 7 aliphatic rings. The summed E-state index contributed by atoms with van der Waals surface area (Å²) >= 11 is 0. The lowest BCUT2D eigenvalue weighted by molar-refractivity contribution is -0.134. The van der Waals surface area contributed by atoms with Crippen LogP contribution in [0.1, 0.15) is 233 Å². The molecule has 3 aromatic rings. The number of piperidine rings is 3. The summed E-state index contributed by atoms with van der Waals surface area (Å²) in [7, 11) is 5.65. The molecule has 4 fully saturated rings. The number of halogens is 1. The Bertz CT molecular complexity index is 2600. The van der Waals surface area contributed by atoms with Crippen molar-refractivity contribution in [3.63, 3.8) is 0 Å². The van der Waals surface area contributed by atoms with Crippen molar-refractivity contribution in [2.24, 2.45) is 22.2 Å². The molecule has 3 aliphatic heterocycles. The van der Waals surface area contributed by atoms with Crippen molar-refractivity contribution in [1.29, 1.82) is 0 Å². The van der Waals surface area contributed by atoms with Crippen LogP contribution >= 0.6 is 0 Å². The maximum absolute atomic E-state index is 14.1. The first-order valence-electron chi connectivity index (χ1n) is 31.9. The van der Waals surface area contributed by atoms with Crippen LogP contribution in [0.4, 0.5) is 9.18 Å². The van der Waals surface area contributed by atoms with Crippen molar-refractivity contribution in [3.8, 4) is 0 Å². The molecule has 3 atom stereocenters. The molecule has 3 spiro atoms. The minimum Gasteiger partial charge on any atom is -0.350 e. The summed E-state index contributed by atoms with van der Waals surface area (Å²) in [5.41, 5.74) is 9.93. The van der Waals surface area contributed by atoms with Gasteiger partial charge in [-0.2, -0.15) is 0 Å². The number of amides is 4. The Morgan fingerprint density at radius 2 is 0.926 bits per heavy atom. The standard InChI is InChI=1S/C25H38N2O.C23H37N3O.C22H33FN2O.2H2/c1-24(2,3)13-16-27-17-14-25(15-18-27)12-11-22(20-7-5-6-8-21(20)25)26(4)23(28)19-9-10-19;1-22(2,3)12-15-26-16-13-23(14-17-26)11-10-20(24-21(27)25(4)5)18-8-6-7-9-19(18)23;1-16(26)24-20-7-8-22(19-15-17(23)5-6-18(19)20)10-13-25(14-11-22)12-9-21(2,3)4;;/h5-8,19,22H,9-18H2,1-4H3;6-9,20H,10-17H2,1-5H3,(H,24,27);5-6,15,20H,7-14H2,1-4H3,(H,24,26);2*1H/t22-;2*20-;;/m000../s1. The lowest BCUT2D eigenvalue weighted by Gasteiger charge is -2.48. The van der Waals surface area contributed by atoms with Crippen LogP contribution in [0.2, 0.25) is 0 Å². The molecule has 11 heteroatoms. The van der Waals surface area contributed by atoms with Gasteiger partial charge in [0, 0.05) is 36.8 Å². The number of hydrogen-bond acceptors (Lipinski definition) is 6. The molecular formula is C70H112FN7O3. The zero-order valence-electron chi connectivity index (χ0n) is 52.9. The largest absolute Gasteiger partial charge is 0.350 e. The van der Waals surface area contributed by atoms with E-state index in [0.717, 1.165) is 82.1 Å². The lowest BCUT2D eigenvalue weighted by atomic mass is 9.63. The molecule has 0 aromatic heterocycles. The second-order valence-electron chi connectivity index (χ2n) is 30.2. The molecule has 4 aliphatic carbocycles. The van der Waals surface area contributed by atoms with Gasteiger partial charge in [0.05, 0.1) is 18.1 Å². The predicted octanol–water partition coefficient (Wildman–Crippen LogP) is 14.8. The number of likely N-dealkylation sites (tertiary alicyclic amines) is 3. The van der Waals surface area contributed by atoms with E-state index >= 15 is 0 Å². The minimum absolute atomic E-state index is 0. The number of nitrogens with one attached hydrogen (secondary N) is 2. The summed E-state index contributed by atoms with van der Waals surface area (Å²) in [6.07, 6.45) is 19.6. The van der Waals surface area contributed by atoms with Gasteiger partial charge in [0.15, 0.2) is 0 Å². The van der Waals surface area contributed by atoms with E-state index in [1.165, 1.54) is 125 Å². The summed E-state index contributed by atoms with van der Waals surface area (Å²) in [6, 6.07) is 23.4. The first-order chi connectivity index (χ1) is 38.2. The van der Waals surface area contributed by atoms with E-state index in [2.05, 4.69) is 141 Å². The maximum Gasteiger partial charge on any atom is 0.317 e. The first kappa shape index (κ1) is 62.7. The van der Waals surface area contributed by atoms with Gasteiger partial charge < -0.3 is 35.1 Å². The predicted molar refractivity (Wildman–Crippen MR) is 335 cm³/mol. The Morgan fingerprint density at radius 3 is 1.36 bits per heavy atom. The number of benzene rings is 3. The highest BCUT2D eigenvalue weighted by molar-refractivity contribution is 5.81. The van der Waals surface area contributed by atoms with Crippen LogP contribution in [0.5, 0.6) is 0 Å². The Kier molecular flexibility index (Phi) is 20.0. The molecule has 0 bridgehead atoms. The molecule has 2 N–H and O–H groups in total. The summed E-state index contributed by atoms with van der Waals surface area (Å²) in [4.78, 5) is 48.0. The number of hydrogen-bond donors (Lipinski definition) is 2. The highest BCUT2D eigenvalue weighted by atomic mass is 19.1. The Balaban J connectivity index is 0.000000198. The topological polar surface area (TPSA) is 91.5 Å². The van der Waals surface area contributed by atoms with Gasteiger partial charge >= 0.3 is 6.03 Å². The van der Waals surface area contributed by atoms with E-state index < -0.39 is 0 Å². The minimum atomic E-state index is -0.165. The number of fused-ring (bicyclic) bond motifs is 6. The van der Waals surface area contributed by atoms with Gasteiger partial charge in [-0.25, -0.2) is 9.18 Å². The molecule has 3 aromatic carbocycles. The Labute approximate surface area is 493 Å². The van der Waals surface area contributed by atoms with Gasteiger partial charge in [-0.3, -0.25) is 9.59 Å². The molecule has 4 amide bonds. The smallest absolute Gasteiger partial charge is 0.317 e. The quantitative estimate of drug-likeness (QED) is 0.210. The van der Waals surface area contributed by atoms with E-state index in [1.807, 2.05) is 13.1 Å². The zero-order chi connectivity index (χ0) is 58.5. The molecule has 3 heterocycles. The average Bonchev–Trinajstić information content (AvgIpc) is 4.32. The van der Waals surface area contributed by atoms with Crippen LogP contribution in [0.3, 0.4) is 0 Å². The third kappa shape index (κ3) is 16.1. The molecule has 0 unspecified atom stereocenters. The number of carbonyl (C=O) groups is 3. The van der Waals surface area contributed by atoms with Crippen LogP contribution in [0, 0.1) is 28.0 Å². The third-order valence-corrected chi connectivity index (χ3v) is 20.3. The number of carbonyl (C=O) groups excluding carboxylic acids is 3. The van der Waals surface area contributed by atoms with Crippen LogP contribution in [-0.2, 0) is 25.8 Å². The van der Waals surface area contributed by atoms with Gasteiger partial charge in [-0.15, -0.1) is 0 Å². The molecule has 10 nitrogen and oxygen atoms in total. The normalized spacial score (nSPS) is 23.4. The number of urea groups is 1. The van der Waals surface area contributed by atoms with Crippen LogP contribution in [-0.4, -0.2) is 122 Å². The summed E-state index contributed by atoms with van der Waals surface area (Å²) in [6.45, 7) is 33.0. The molecule has 452 valence electrons. The maximum atomic E-state index is 14.1. The van der Waals surface area contributed by atoms with Gasteiger partial charge in [-0.1, -0.05) is 117 Å². The fourth-order valence-electron chi connectivity index (χ4n) is 14.6. The summed E-state index contributed by atoms with van der Waals surface area (Å²) < 4.78 is 14.1. The van der Waals surface area contributed by atoms with Crippen molar-refractivity contribution in [3.05, 3.63) is 106 Å². The fourth-order valence-corrected chi connectivity index (χ4v) is 14.6. The second kappa shape index (κ2) is 25.9. The second-order valence-corrected chi connectivity index (χ2v) is 30.2. The van der Waals surface area contributed by atoms with Crippen molar-refractivity contribution >= 4 is 17.8 Å². The number of nitrogens with zero attached hydrogens (tertiary/aromatic N) is 5. The zero-order valence-corrected chi connectivity index (χ0v) is 52.9. The van der Waals surface area contributed by atoms with E-state index in [4.69, 9.17) is 0 Å². The van der Waals surface area contributed by atoms with Gasteiger partial charge in [0.25, 0.3) is 0 Å². The third-order valence-electron chi connectivity index (χ3n) is 20.3. The summed E-state index contributed by atoms with van der Waals surface area (Å²) in [5.74, 6) is 0.492. The SMILES string of the molecule is CC(=O)N[C@H]1CCC2(CCN(CCC(C)(C)C)CC2)c2cc(F)ccc21.CN(C(=O)C1CC1)[C@H]1CCC2(CCN(CCC(C)(C)C)CC2)c2ccccc21.CN(C)C(=O)N[C@H]1CCC2(CCN(CCC(C)(C)C)CC2)c2ccccc21.[HH].[HH]. The highest BCUT2D eigenvalue weighted by Crippen LogP contribution is 2.52. The van der Waals surface area contributed by atoms with E-state index in [9.17, 15) is 18.8 Å². The lowest BCUT2D eigenvalue weighted by Crippen LogP contribution is -2.47. The van der Waals surface area contributed by atoms with Gasteiger partial charge in [-0.05, 0) is 246 Å². The number of rotatable bonds is 10. The molecular weight excluding hydrogens is 1010 g/mol.